The van der Waals surface area contributed by atoms with Crippen LogP contribution in [-0.4, -0.2) is 35.5 Å². The second-order valence-electron chi connectivity index (χ2n) is 4.64. The molecule has 0 fully saturated rings. The Kier molecular flexibility index (Phi) is 5.71. The molecule has 0 aliphatic carbocycles. The minimum atomic E-state index is -0.0941. The van der Waals surface area contributed by atoms with Crippen LogP contribution in [0, 0.1) is 0 Å². The number of amides is 1. The second kappa shape index (κ2) is 7.74. The lowest BCUT2D eigenvalue weighted by atomic mass is 10.3. The van der Waals surface area contributed by atoms with Crippen LogP contribution in [0.25, 0.3) is 0 Å². The zero-order valence-electron chi connectivity index (χ0n) is 13.0. The molecule has 0 atom stereocenters. The SMILES string of the molecule is CCc1nsc(N(CC)CC(=O)Nc2cccc(OC)c2)n1. The fraction of sp³-hybridized carbons (Fsp3) is 0.400. The molecule has 1 aromatic carbocycles. The lowest BCUT2D eigenvalue weighted by Gasteiger charge is -2.18. The molecule has 1 aromatic heterocycles. The zero-order chi connectivity index (χ0) is 15.9. The Labute approximate surface area is 134 Å². The van der Waals surface area contributed by atoms with E-state index in [0.717, 1.165) is 17.4 Å². The smallest absolute Gasteiger partial charge is 0.243 e. The molecule has 2 rings (SSSR count). The number of rotatable bonds is 7. The summed E-state index contributed by atoms with van der Waals surface area (Å²) in [6.45, 7) is 4.94. The van der Waals surface area contributed by atoms with Gasteiger partial charge in [0, 0.05) is 36.3 Å². The molecule has 2 aromatic rings. The Hall–Kier alpha value is -2.15. The van der Waals surface area contributed by atoms with Gasteiger partial charge >= 0.3 is 0 Å². The molecule has 0 radical (unpaired) electrons. The van der Waals surface area contributed by atoms with E-state index in [2.05, 4.69) is 14.7 Å². The fourth-order valence-electron chi connectivity index (χ4n) is 1.91. The first kappa shape index (κ1) is 16.2. The van der Waals surface area contributed by atoms with Crippen molar-refractivity contribution in [2.45, 2.75) is 20.3 Å². The highest BCUT2D eigenvalue weighted by Gasteiger charge is 2.14. The molecular weight excluding hydrogens is 300 g/mol. The Morgan fingerprint density at radius 3 is 2.86 bits per heavy atom. The van der Waals surface area contributed by atoms with Gasteiger partial charge in [0.1, 0.15) is 11.6 Å². The van der Waals surface area contributed by atoms with E-state index in [1.807, 2.05) is 36.9 Å². The number of nitrogens with zero attached hydrogens (tertiary/aromatic N) is 3. The number of benzene rings is 1. The summed E-state index contributed by atoms with van der Waals surface area (Å²) in [5.41, 5.74) is 0.715. The van der Waals surface area contributed by atoms with Crippen LogP contribution in [0.2, 0.25) is 0 Å². The molecule has 0 saturated heterocycles. The van der Waals surface area contributed by atoms with Gasteiger partial charge in [-0.25, -0.2) is 4.98 Å². The first-order valence-corrected chi connectivity index (χ1v) is 7.95. The molecule has 0 aliphatic heterocycles. The Morgan fingerprint density at radius 2 is 2.23 bits per heavy atom. The van der Waals surface area contributed by atoms with E-state index in [4.69, 9.17) is 4.74 Å². The van der Waals surface area contributed by atoms with E-state index in [0.29, 0.717) is 18.0 Å². The average molecular weight is 320 g/mol. The van der Waals surface area contributed by atoms with Crippen LogP contribution in [0.1, 0.15) is 19.7 Å². The Balaban J connectivity index is 1.99. The van der Waals surface area contributed by atoms with Crippen molar-refractivity contribution >= 4 is 28.3 Å². The molecule has 0 aliphatic rings. The van der Waals surface area contributed by atoms with Gasteiger partial charge in [-0.1, -0.05) is 13.0 Å². The first-order chi connectivity index (χ1) is 10.7. The maximum atomic E-state index is 12.2. The third-order valence-electron chi connectivity index (χ3n) is 3.11. The van der Waals surface area contributed by atoms with Crippen LogP contribution in [0.4, 0.5) is 10.8 Å². The number of methoxy groups -OCH3 is 1. The van der Waals surface area contributed by atoms with E-state index in [1.165, 1.54) is 11.5 Å². The van der Waals surface area contributed by atoms with Crippen molar-refractivity contribution in [2.24, 2.45) is 0 Å². The van der Waals surface area contributed by atoms with Crippen LogP contribution < -0.4 is 15.0 Å². The van der Waals surface area contributed by atoms with Gasteiger partial charge in [-0.3, -0.25) is 4.79 Å². The van der Waals surface area contributed by atoms with E-state index in [1.54, 1.807) is 13.2 Å². The van der Waals surface area contributed by atoms with Crippen molar-refractivity contribution in [2.75, 3.05) is 30.4 Å². The summed E-state index contributed by atoms with van der Waals surface area (Å²) < 4.78 is 9.40. The van der Waals surface area contributed by atoms with Gasteiger partial charge in [0.25, 0.3) is 0 Å². The topological polar surface area (TPSA) is 67.4 Å². The van der Waals surface area contributed by atoms with Gasteiger partial charge in [0.2, 0.25) is 11.0 Å². The molecule has 118 valence electrons. The summed E-state index contributed by atoms with van der Waals surface area (Å²) in [5, 5.41) is 3.65. The molecule has 6 nitrogen and oxygen atoms in total. The molecule has 7 heteroatoms. The van der Waals surface area contributed by atoms with Gasteiger partial charge in [-0.15, -0.1) is 0 Å². The summed E-state index contributed by atoms with van der Waals surface area (Å²) in [5.74, 6) is 1.43. The summed E-state index contributed by atoms with van der Waals surface area (Å²) in [6, 6.07) is 7.29. The number of hydrogen-bond donors (Lipinski definition) is 1. The monoisotopic (exact) mass is 320 g/mol. The quantitative estimate of drug-likeness (QED) is 0.849. The van der Waals surface area contributed by atoms with Crippen molar-refractivity contribution in [1.29, 1.82) is 0 Å². The van der Waals surface area contributed by atoms with E-state index < -0.39 is 0 Å². The summed E-state index contributed by atoms with van der Waals surface area (Å²) in [6.07, 6.45) is 0.796. The molecule has 22 heavy (non-hydrogen) atoms. The number of carbonyl (C=O) groups is 1. The summed E-state index contributed by atoms with van der Waals surface area (Å²) in [4.78, 5) is 18.5. The highest BCUT2D eigenvalue weighted by Crippen LogP contribution is 2.19. The van der Waals surface area contributed by atoms with Crippen molar-refractivity contribution in [3.63, 3.8) is 0 Å². The average Bonchev–Trinajstić information content (AvgIpc) is 3.01. The van der Waals surface area contributed by atoms with E-state index in [-0.39, 0.29) is 12.5 Å². The largest absolute Gasteiger partial charge is 0.497 e. The highest BCUT2D eigenvalue weighted by atomic mass is 32.1. The predicted octanol–water partition coefficient (Wildman–Crippen LogP) is 2.57. The number of ether oxygens (including phenoxy) is 1. The Bertz CT molecular complexity index is 630. The van der Waals surface area contributed by atoms with Crippen molar-refractivity contribution in [3.8, 4) is 5.75 Å². The highest BCUT2D eigenvalue weighted by molar-refractivity contribution is 7.09. The van der Waals surface area contributed by atoms with Crippen molar-refractivity contribution in [1.82, 2.24) is 9.36 Å². The second-order valence-corrected chi connectivity index (χ2v) is 5.37. The van der Waals surface area contributed by atoms with Gasteiger partial charge in [0.05, 0.1) is 13.7 Å². The lowest BCUT2D eigenvalue weighted by molar-refractivity contribution is -0.115. The van der Waals surface area contributed by atoms with Crippen LogP contribution >= 0.6 is 11.5 Å². The number of nitrogens with one attached hydrogen (secondary N) is 1. The number of carbonyl (C=O) groups excluding carboxylic acids is 1. The van der Waals surface area contributed by atoms with Gasteiger partial charge in [-0.05, 0) is 19.1 Å². The number of aromatic nitrogens is 2. The van der Waals surface area contributed by atoms with Gasteiger partial charge in [-0.2, -0.15) is 4.37 Å². The van der Waals surface area contributed by atoms with Crippen LogP contribution in [0.3, 0.4) is 0 Å². The van der Waals surface area contributed by atoms with E-state index >= 15 is 0 Å². The molecule has 0 unspecified atom stereocenters. The maximum absolute atomic E-state index is 12.2. The van der Waals surface area contributed by atoms with Crippen molar-refractivity contribution < 1.29 is 9.53 Å². The molecule has 0 bridgehead atoms. The van der Waals surface area contributed by atoms with Crippen molar-refractivity contribution in [3.05, 3.63) is 30.1 Å². The number of likely N-dealkylation sites (N-methyl/N-ethyl adjacent to an activating group) is 1. The summed E-state index contributed by atoms with van der Waals surface area (Å²) in [7, 11) is 1.60. The molecular formula is C15H20N4O2S. The molecule has 0 saturated carbocycles. The van der Waals surface area contributed by atoms with Gasteiger partial charge < -0.3 is 15.0 Å². The third kappa shape index (κ3) is 4.17. The third-order valence-corrected chi connectivity index (χ3v) is 3.93. The summed E-state index contributed by atoms with van der Waals surface area (Å²) >= 11 is 1.33. The predicted molar refractivity (Wildman–Crippen MR) is 88.8 cm³/mol. The minimum absolute atomic E-state index is 0.0941. The lowest BCUT2D eigenvalue weighted by Crippen LogP contribution is -2.33. The normalized spacial score (nSPS) is 10.3. The van der Waals surface area contributed by atoms with Crippen LogP contribution in [0.5, 0.6) is 5.75 Å². The molecule has 0 spiro atoms. The van der Waals surface area contributed by atoms with E-state index in [9.17, 15) is 4.79 Å². The zero-order valence-corrected chi connectivity index (χ0v) is 13.8. The number of aryl methyl sites for hydroxylation is 1. The molecule has 1 amide bonds. The standard InChI is InChI=1S/C15H20N4O2S/c1-4-13-17-15(22-18-13)19(5-2)10-14(20)16-11-7-6-8-12(9-11)21-3/h6-9H,4-5,10H2,1-3H3,(H,16,20). The first-order valence-electron chi connectivity index (χ1n) is 7.17. The fourth-order valence-corrected chi connectivity index (χ4v) is 2.72. The van der Waals surface area contributed by atoms with Gasteiger partial charge in [0.15, 0.2) is 0 Å². The van der Waals surface area contributed by atoms with Crippen LogP contribution in [0.15, 0.2) is 24.3 Å². The number of hydrogen-bond acceptors (Lipinski definition) is 6. The maximum Gasteiger partial charge on any atom is 0.243 e. The Morgan fingerprint density at radius 1 is 1.41 bits per heavy atom. The molecule has 1 heterocycles. The molecule has 1 N–H and O–H groups in total. The number of anilines is 2. The van der Waals surface area contributed by atoms with Crippen LogP contribution in [-0.2, 0) is 11.2 Å². The minimum Gasteiger partial charge on any atom is -0.497 e.